The first-order valence-electron chi connectivity index (χ1n) is 9.05. The molecule has 0 bridgehead atoms. The second kappa shape index (κ2) is 6.56. The molecule has 0 saturated heterocycles. The third kappa shape index (κ3) is 2.91. The first kappa shape index (κ1) is 18.6. The van der Waals surface area contributed by atoms with Gasteiger partial charge in [0.15, 0.2) is 0 Å². The molecule has 0 spiro atoms. The van der Waals surface area contributed by atoms with Gasteiger partial charge in [-0.25, -0.2) is 0 Å². The minimum atomic E-state index is -4.42. The average Bonchev–Trinajstić information content (AvgIpc) is 3.34. The summed E-state index contributed by atoms with van der Waals surface area (Å²) < 4.78 is 41.3. The number of amides is 2. The monoisotopic (exact) mass is 426 g/mol. The van der Waals surface area contributed by atoms with Gasteiger partial charge in [0, 0.05) is 43.7 Å². The molecule has 150 valence electrons. The van der Waals surface area contributed by atoms with Crippen molar-refractivity contribution in [1.29, 1.82) is 0 Å². The Bertz CT molecular complexity index is 1380. The number of nitrogens with zero attached hydrogens (tertiary/aromatic N) is 1. The Labute approximate surface area is 172 Å². The van der Waals surface area contributed by atoms with Gasteiger partial charge >= 0.3 is 6.18 Å². The van der Waals surface area contributed by atoms with Gasteiger partial charge in [-0.1, -0.05) is 36.4 Å². The summed E-state index contributed by atoms with van der Waals surface area (Å²) in [5, 5.41) is 5.41. The lowest BCUT2D eigenvalue weighted by Crippen LogP contribution is -2.22. The number of hydrogen-bond donors (Lipinski definition) is 1. The lowest BCUT2D eigenvalue weighted by atomic mass is 9.95. The van der Waals surface area contributed by atoms with E-state index in [1.807, 2.05) is 24.3 Å². The molecule has 2 aromatic carbocycles. The molecule has 8 heteroatoms. The summed E-state index contributed by atoms with van der Waals surface area (Å²) in [5.41, 5.74) is 1.54. The van der Waals surface area contributed by atoms with Crippen molar-refractivity contribution in [2.45, 2.75) is 12.7 Å². The smallest absolute Gasteiger partial charge is 0.338 e. The summed E-state index contributed by atoms with van der Waals surface area (Å²) in [7, 11) is 0. The Morgan fingerprint density at radius 1 is 0.867 bits per heavy atom. The number of aromatic nitrogens is 1. The summed E-state index contributed by atoms with van der Waals surface area (Å²) in [4.78, 5) is 25.5. The molecule has 5 rings (SSSR count). The lowest BCUT2D eigenvalue weighted by Gasteiger charge is -2.08. The van der Waals surface area contributed by atoms with Gasteiger partial charge in [-0.2, -0.15) is 13.2 Å². The SMILES string of the molecule is O=C1NC(=O)C(c2cn(CC(F)(F)F)c3ccccc23)=C1c1csc2ccccc12. The van der Waals surface area contributed by atoms with Crippen molar-refractivity contribution in [2.75, 3.05) is 0 Å². The molecule has 4 aromatic rings. The number of nitrogens with one attached hydrogen (secondary N) is 1. The van der Waals surface area contributed by atoms with Gasteiger partial charge in [-0.15, -0.1) is 11.3 Å². The molecule has 0 unspecified atom stereocenters. The molecule has 0 aliphatic carbocycles. The van der Waals surface area contributed by atoms with E-state index in [0.717, 1.165) is 14.7 Å². The molecule has 0 radical (unpaired) electrons. The third-order valence-corrected chi connectivity index (χ3v) is 6.05. The molecule has 3 heterocycles. The first-order valence-corrected chi connectivity index (χ1v) is 9.93. The highest BCUT2D eigenvalue weighted by atomic mass is 32.1. The number of fused-ring (bicyclic) bond motifs is 2. The van der Waals surface area contributed by atoms with Crippen molar-refractivity contribution >= 4 is 55.3 Å². The molecule has 1 N–H and O–H groups in total. The number of benzene rings is 2. The van der Waals surface area contributed by atoms with Crippen molar-refractivity contribution in [2.24, 2.45) is 0 Å². The van der Waals surface area contributed by atoms with Gasteiger partial charge in [-0.3, -0.25) is 14.9 Å². The number of imide groups is 1. The van der Waals surface area contributed by atoms with Gasteiger partial charge in [-0.05, 0) is 12.1 Å². The van der Waals surface area contributed by atoms with Crippen LogP contribution in [0.2, 0.25) is 0 Å². The minimum Gasteiger partial charge on any atom is -0.338 e. The predicted octanol–water partition coefficient (Wildman–Crippen LogP) is 4.99. The van der Waals surface area contributed by atoms with E-state index in [1.165, 1.54) is 17.5 Å². The number of halogens is 3. The minimum absolute atomic E-state index is 0.0978. The van der Waals surface area contributed by atoms with Gasteiger partial charge < -0.3 is 4.57 Å². The number of carbonyl (C=O) groups excluding carboxylic acids is 2. The van der Waals surface area contributed by atoms with E-state index in [4.69, 9.17) is 0 Å². The molecule has 4 nitrogen and oxygen atoms in total. The third-order valence-electron chi connectivity index (χ3n) is 5.09. The zero-order chi connectivity index (χ0) is 21.0. The van der Waals surface area contributed by atoms with Crippen LogP contribution in [0.3, 0.4) is 0 Å². The lowest BCUT2D eigenvalue weighted by molar-refractivity contribution is -0.139. The topological polar surface area (TPSA) is 51.1 Å². The molecular formula is C22H13F3N2O2S. The highest BCUT2D eigenvalue weighted by molar-refractivity contribution is 7.17. The largest absolute Gasteiger partial charge is 0.406 e. The number of para-hydroxylation sites is 1. The Morgan fingerprint density at radius 2 is 1.50 bits per heavy atom. The maximum Gasteiger partial charge on any atom is 0.406 e. The fourth-order valence-electron chi connectivity index (χ4n) is 3.91. The van der Waals surface area contributed by atoms with Crippen LogP contribution in [0.5, 0.6) is 0 Å². The van der Waals surface area contributed by atoms with Crippen LogP contribution in [0.25, 0.3) is 32.1 Å². The Hall–Kier alpha value is -3.39. The highest BCUT2D eigenvalue weighted by Gasteiger charge is 2.36. The summed E-state index contributed by atoms with van der Waals surface area (Å²) in [6, 6.07) is 14.0. The van der Waals surface area contributed by atoms with Gasteiger partial charge in [0.1, 0.15) is 6.54 Å². The summed E-state index contributed by atoms with van der Waals surface area (Å²) in [5.74, 6) is -1.16. The van der Waals surface area contributed by atoms with Gasteiger partial charge in [0.25, 0.3) is 11.8 Å². The summed E-state index contributed by atoms with van der Waals surface area (Å²) >= 11 is 1.44. The molecule has 0 atom stereocenters. The Balaban J connectivity index is 1.80. The van der Waals surface area contributed by atoms with Crippen LogP contribution >= 0.6 is 11.3 Å². The molecule has 1 aliphatic rings. The standard InChI is InChI=1S/C22H13F3N2O2S/c23-22(24,25)11-27-9-14(12-5-1-3-7-16(12)27)18-19(21(29)26-20(18)28)15-10-30-17-8-4-2-6-13(15)17/h1-10H,11H2,(H,26,28,29). The van der Waals surface area contributed by atoms with Crippen LogP contribution in [-0.4, -0.2) is 22.6 Å². The van der Waals surface area contributed by atoms with Crippen LogP contribution in [0, 0.1) is 0 Å². The maximum atomic E-state index is 13.1. The quantitative estimate of drug-likeness (QED) is 0.470. The van der Waals surface area contributed by atoms with Crippen LogP contribution < -0.4 is 5.32 Å². The number of rotatable bonds is 3. The normalized spacial score (nSPS) is 14.9. The highest BCUT2D eigenvalue weighted by Crippen LogP contribution is 2.40. The molecule has 2 amide bonds. The zero-order valence-electron chi connectivity index (χ0n) is 15.3. The van der Waals surface area contributed by atoms with E-state index in [1.54, 1.807) is 29.6 Å². The van der Waals surface area contributed by atoms with Gasteiger partial charge in [0.05, 0.1) is 11.1 Å². The average molecular weight is 426 g/mol. The Kier molecular flexibility index (Phi) is 4.08. The fraction of sp³-hybridized carbons (Fsp3) is 0.0909. The van der Waals surface area contributed by atoms with Crippen LogP contribution in [0.4, 0.5) is 13.2 Å². The Morgan fingerprint density at radius 3 is 2.23 bits per heavy atom. The molecule has 0 saturated carbocycles. The van der Waals surface area contributed by atoms with E-state index in [2.05, 4.69) is 5.32 Å². The predicted molar refractivity (Wildman–Crippen MR) is 110 cm³/mol. The summed E-state index contributed by atoms with van der Waals surface area (Å²) in [6.45, 7) is -1.19. The van der Waals surface area contributed by atoms with Crippen LogP contribution in [0.1, 0.15) is 11.1 Å². The summed E-state index contributed by atoms with van der Waals surface area (Å²) in [6.07, 6.45) is -3.12. The molecule has 1 aliphatic heterocycles. The van der Waals surface area contributed by atoms with E-state index in [-0.39, 0.29) is 11.1 Å². The number of alkyl halides is 3. The molecule has 30 heavy (non-hydrogen) atoms. The van der Waals surface area contributed by atoms with Crippen LogP contribution in [-0.2, 0) is 16.1 Å². The molecule has 0 fully saturated rings. The number of hydrogen-bond acceptors (Lipinski definition) is 3. The van der Waals surface area contributed by atoms with Crippen molar-refractivity contribution < 1.29 is 22.8 Å². The van der Waals surface area contributed by atoms with Crippen molar-refractivity contribution in [3.8, 4) is 0 Å². The van der Waals surface area contributed by atoms with Crippen molar-refractivity contribution in [3.05, 3.63) is 71.2 Å². The second-order valence-electron chi connectivity index (χ2n) is 6.98. The maximum absolute atomic E-state index is 13.1. The molecular weight excluding hydrogens is 413 g/mol. The fourth-order valence-corrected chi connectivity index (χ4v) is 4.86. The number of carbonyl (C=O) groups is 2. The van der Waals surface area contributed by atoms with E-state index >= 15 is 0 Å². The molecule has 2 aromatic heterocycles. The first-order chi connectivity index (χ1) is 14.3. The van der Waals surface area contributed by atoms with Gasteiger partial charge in [0.2, 0.25) is 0 Å². The van der Waals surface area contributed by atoms with E-state index in [9.17, 15) is 22.8 Å². The number of thiophene rings is 1. The van der Waals surface area contributed by atoms with Crippen LogP contribution in [0.15, 0.2) is 60.1 Å². The van der Waals surface area contributed by atoms with Crippen molar-refractivity contribution in [1.82, 2.24) is 9.88 Å². The van der Waals surface area contributed by atoms with E-state index in [0.29, 0.717) is 22.0 Å². The van der Waals surface area contributed by atoms with E-state index < -0.39 is 24.5 Å². The zero-order valence-corrected chi connectivity index (χ0v) is 16.1. The second-order valence-corrected chi connectivity index (χ2v) is 7.89. The van der Waals surface area contributed by atoms with Crippen molar-refractivity contribution in [3.63, 3.8) is 0 Å².